The number of aryl methyl sites for hydroxylation is 2. The standard InChI is InChI=1S/C21H20FN5O/c1-11-4-5-15(10-12(11)2)20-25-21-24-13(3)17(19(23)28)18(27(21)26-20)14-6-8-16(22)9-7-14/h4-10,18H,1-3H3,(H2,23,28)(H,24,25,26). The number of benzene rings is 2. The van der Waals surface area contributed by atoms with Crippen LogP contribution in [0.25, 0.3) is 11.4 Å². The minimum atomic E-state index is -0.581. The van der Waals surface area contributed by atoms with Crippen LogP contribution in [0.1, 0.15) is 29.7 Å². The summed E-state index contributed by atoms with van der Waals surface area (Å²) in [6, 6.07) is 11.4. The lowest BCUT2D eigenvalue weighted by Crippen LogP contribution is -2.31. The molecule has 1 atom stereocenters. The van der Waals surface area contributed by atoms with Crippen LogP contribution < -0.4 is 11.1 Å². The molecule has 1 aromatic heterocycles. The zero-order chi connectivity index (χ0) is 20.0. The van der Waals surface area contributed by atoms with Crippen LogP contribution in [0.2, 0.25) is 0 Å². The van der Waals surface area contributed by atoms with Crippen molar-refractivity contribution in [3.05, 3.63) is 76.2 Å². The lowest BCUT2D eigenvalue weighted by atomic mass is 9.95. The molecule has 7 heteroatoms. The van der Waals surface area contributed by atoms with Crippen LogP contribution in [0.5, 0.6) is 0 Å². The molecule has 0 aliphatic carbocycles. The number of nitrogens with zero attached hydrogens (tertiary/aromatic N) is 3. The summed E-state index contributed by atoms with van der Waals surface area (Å²) >= 11 is 0. The second-order valence-electron chi connectivity index (χ2n) is 6.98. The van der Waals surface area contributed by atoms with Gasteiger partial charge in [0.25, 0.3) is 0 Å². The van der Waals surface area contributed by atoms with Gasteiger partial charge in [-0.3, -0.25) is 4.79 Å². The van der Waals surface area contributed by atoms with Gasteiger partial charge in [0.1, 0.15) is 11.9 Å². The number of anilines is 1. The first-order valence-corrected chi connectivity index (χ1v) is 8.92. The zero-order valence-corrected chi connectivity index (χ0v) is 15.8. The largest absolute Gasteiger partial charge is 0.366 e. The number of nitrogens with two attached hydrogens (primary N) is 1. The molecule has 1 unspecified atom stereocenters. The van der Waals surface area contributed by atoms with E-state index in [-0.39, 0.29) is 5.82 Å². The summed E-state index contributed by atoms with van der Waals surface area (Å²) in [6.45, 7) is 5.85. The topological polar surface area (TPSA) is 85.8 Å². The van der Waals surface area contributed by atoms with Crippen LogP contribution in [0.15, 0.2) is 53.7 Å². The molecule has 142 valence electrons. The van der Waals surface area contributed by atoms with Crippen LogP contribution in [0, 0.1) is 19.7 Å². The van der Waals surface area contributed by atoms with Gasteiger partial charge in [0.05, 0.1) is 5.57 Å². The van der Waals surface area contributed by atoms with Crippen molar-refractivity contribution in [2.24, 2.45) is 5.73 Å². The molecule has 1 aliphatic rings. The summed E-state index contributed by atoms with van der Waals surface area (Å²) in [4.78, 5) is 16.8. The Hall–Kier alpha value is -3.48. The van der Waals surface area contributed by atoms with Crippen molar-refractivity contribution in [2.45, 2.75) is 26.8 Å². The number of carbonyl (C=O) groups excluding carboxylic acids is 1. The van der Waals surface area contributed by atoms with E-state index in [1.165, 1.54) is 17.7 Å². The summed E-state index contributed by atoms with van der Waals surface area (Å²) in [5.74, 6) is 0.128. The molecular formula is C21H20FN5O. The van der Waals surface area contributed by atoms with Crippen molar-refractivity contribution in [3.8, 4) is 11.4 Å². The Kier molecular flexibility index (Phi) is 4.22. The normalized spacial score (nSPS) is 15.9. The maximum absolute atomic E-state index is 13.4. The van der Waals surface area contributed by atoms with E-state index in [0.29, 0.717) is 28.6 Å². The molecule has 0 saturated carbocycles. The number of fused-ring (bicyclic) bond motifs is 1. The average Bonchev–Trinajstić information content (AvgIpc) is 3.07. The Balaban J connectivity index is 1.87. The van der Waals surface area contributed by atoms with Gasteiger partial charge in [0.2, 0.25) is 11.9 Å². The molecule has 3 N–H and O–H groups in total. The number of carbonyl (C=O) groups is 1. The highest BCUT2D eigenvalue weighted by Gasteiger charge is 2.33. The van der Waals surface area contributed by atoms with E-state index in [2.05, 4.69) is 15.4 Å². The first-order valence-electron chi connectivity index (χ1n) is 8.92. The molecular weight excluding hydrogens is 357 g/mol. The Bertz CT molecular complexity index is 1110. The second-order valence-corrected chi connectivity index (χ2v) is 6.98. The number of primary amides is 1. The third-order valence-corrected chi connectivity index (χ3v) is 5.07. The molecule has 6 nitrogen and oxygen atoms in total. The monoisotopic (exact) mass is 377 g/mol. The highest BCUT2D eigenvalue weighted by atomic mass is 19.1. The fourth-order valence-electron chi connectivity index (χ4n) is 3.43. The molecule has 0 radical (unpaired) electrons. The van der Waals surface area contributed by atoms with Gasteiger partial charge in [-0.2, -0.15) is 4.98 Å². The van der Waals surface area contributed by atoms with Crippen LogP contribution in [0.4, 0.5) is 10.3 Å². The fourth-order valence-corrected chi connectivity index (χ4v) is 3.43. The summed E-state index contributed by atoms with van der Waals surface area (Å²) in [5, 5.41) is 7.76. The van der Waals surface area contributed by atoms with Gasteiger partial charge in [0, 0.05) is 11.3 Å². The predicted molar refractivity (Wildman–Crippen MR) is 105 cm³/mol. The first-order chi connectivity index (χ1) is 13.3. The molecule has 0 fully saturated rings. The van der Waals surface area contributed by atoms with Crippen molar-refractivity contribution in [3.63, 3.8) is 0 Å². The lowest BCUT2D eigenvalue weighted by molar-refractivity contribution is -0.115. The summed E-state index contributed by atoms with van der Waals surface area (Å²) in [7, 11) is 0. The van der Waals surface area contributed by atoms with E-state index in [1.807, 2.05) is 32.0 Å². The third kappa shape index (κ3) is 2.94. The number of nitrogens with one attached hydrogen (secondary N) is 1. The molecule has 1 aliphatic heterocycles. The van der Waals surface area contributed by atoms with E-state index in [4.69, 9.17) is 5.73 Å². The Labute approximate surface area is 161 Å². The van der Waals surface area contributed by atoms with E-state index in [1.54, 1.807) is 23.7 Å². The third-order valence-electron chi connectivity index (χ3n) is 5.07. The number of hydrogen-bond donors (Lipinski definition) is 2. The average molecular weight is 377 g/mol. The molecule has 0 saturated heterocycles. The number of allylic oxidation sites excluding steroid dienone is 1. The maximum Gasteiger partial charge on any atom is 0.248 e. The first kappa shape index (κ1) is 17.9. The van der Waals surface area contributed by atoms with E-state index in [0.717, 1.165) is 11.1 Å². The van der Waals surface area contributed by atoms with Gasteiger partial charge in [-0.25, -0.2) is 9.07 Å². The molecule has 28 heavy (non-hydrogen) atoms. The summed E-state index contributed by atoms with van der Waals surface area (Å²) < 4.78 is 15.1. The van der Waals surface area contributed by atoms with E-state index >= 15 is 0 Å². The molecule has 0 spiro atoms. The molecule has 2 heterocycles. The second kappa shape index (κ2) is 6.60. The fraction of sp³-hybridized carbons (Fsp3) is 0.190. The van der Waals surface area contributed by atoms with Crippen molar-refractivity contribution in [1.29, 1.82) is 0 Å². The van der Waals surface area contributed by atoms with Crippen LogP contribution in [0.3, 0.4) is 0 Å². The summed E-state index contributed by atoms with van der Waals surface area (Å²) in [6.07, 6.45) is 0. The van der Waals surface area contributed by atoms with Crippen molar-refractivity contribution >= 4 is 11.9 Å². The minimum absolute atomic E-state index is 0.353. The Morgan fingerprint density at radius 2 is 1.82 bits per heavy atom. The van der Waals surface area contributed by atoms with E-state index < -0.39 is 11.9 Å². The van der Waals surface area contributed by atoms with Crippen LogP contribution >= 0.6 is 0 Å². The number of amides is 1. The molecule has 4 rings (SSSR count). The SMILES string of the molecule is CC1=C(C(N)=O)C(c2ccc(F)cc2)n2nc(-c3ccc(C)c(C)c3)nc2N1. The van der Waals surface area contributed by atoms with Crippen molar-refractivity contribution in [2.75, 3.05) is 5.32 Å². The van der Waals surface area contributed by atoms with Crippen LogP contribution in [-0.2, 0) is 4.79 Å². The highest BCUT2D eigenvalue weighted by Crippen LogP contribution is 2.36. The molecule has 0 bridgehead atoms. The smallest absolute Gasteiger partial charge is 0.248 e. The molecule has 3 aromatic rings. The number of halogens is 1. The predicted octanol–water partition coefficient (Wildman–Crippen LogP) is 3.48. The lowest BCUT2D eigenvalue weighted by Gasteiger charge is -2.27. The van der Waals surface area contributed by atoms with Gasteiger partial charge in [-0.15, -0.1) is 5.10 Å². The Morgan fingerprint density at radius 1 is 1.11 bits per heavy atom. The van der Waals surface area contributed by atoms with Gasteiger partial charge < -0.3 is 11.1 Å². The quantitative estimate of drug-likeness (QED) is 0.732. The van der Waals surface area contributed by atoms with Gasteiger partial charge >= 0.3 is 0 Å². The van der Waals surface area contributed by atoms with Crippen molar-refractivity contribution in [1.82, 2.24) is 14.8 Å². The van der Waals surface area contributed by atoms with Crippen LogP contribution in [-0.4, -0.2) is 20.7 Å². The number of aromatic nitrogens is 3. The van der Waals surface area contributed by atoms with Gasteiger partial charge in [-0.05, 0) is 55.7 Å². The number of hydrogen-bond acceptors (Lipinski definition) is 4. The Morgan fingerprint density at radius 3 is 2.46 bits per heavy atom. The van der Waals surface area contributed by atoms with E-state index in [9.17, 15) is 9.18 Å². The van der Waals surface area contributed by atoms with Gasteiger partial charge in [0.15, 0.2) is 5.82 Å². The molecule has 1 amide bonds. The molecule has 2 aromatic carbocycles. The summed E-state index contributed by atoms with van der Waals surface area (Å²) in [5.41, 5.74) is 10.5. The maximum atomic E-state index is 13.4. The van der Waals surface area contributed by atoms with Gasteiger partial charge in [-0.1, -0.05) is 24.3 Å². The van der Waals surface area contributed by atoms with Crippen molar-refractivity contribution < 1.29 is 9.18 Å². The number of rotatable bonds is 3. The highest BCUT2D eigenvalue weighted by molar-refractivity contribution is 5.95. The zero-order valence-electron chi connectivity index (χ0n) is 15.8. The minimum Gasteiger partial charge on any atom is -0.366 e.